The second kappa shape index (κ2) is 6.74. The van der Waals surface area contributed by atoms with E-state index < -0.39 is 0 Å². The van der Waals surface area contributed by atoms with Crippen LogP contribution in [0.3, 0.4) is 0 Å². The maximum absolute atomic E-state index is 12.3. The molecule has 0 saturated carbocycles. The summed E-state index contributed by atoms with van der Waals surface area (Å²) >= 11 is 12.7. The summed E-state index contributed by atoms with van der Waals surface area (Å²) in [6, 6.07) is 10.8. The van der Waals surface area contributed by atoms with Crippen LogP contribution in [-0.4, -0.2) is 12.9 Å². The van der Waals surface area contributed by atoms with Gasteiger partial charge in [0.05, 0.1) is 12.1 Å². The SMILES string of the molecule is COc1ccc(Br)cc1CC(=O)c1ccc(Br)c(Cl)c1. The van der Waals surface area contributed by atoms with E-state index in [4.69, 9.17) is 16.3 Å². The molecule has 0 amide bonds. The number of rotatable bonds is 4. The summed E-state index contributed by atoms with van der Waals surface area (Å²) in [4.78, 5) is 12.3. The molecule has 0 fully saturated rings. The van der Waals surface area contributed by atoms with E-state index in [0.29, 0.717) is 16.3 Å². The minimum Gasteiger partial charge on any atom is -0.496 e. The van der Waals surface area contributed by atoms with Crippen LogP contribution < -0.4 is 4.74 Å². The first-order valence-corrected chi connectivity index (χ1v) is 7.78. The van der Waals surface area contributed by atoms with E-state index in [1.165, 1.54) is 0 Å². The number of Topliss-reactive ketones (excluding diaryl/α,β-unsaturated/α-hetero) is 1. The van der Waals surface area contributed by atoms with E-state index in [9.17, 15) is 4.79 Å². The Labute approximate surface area is 139 Å². The summed E-state index contributed by atoms with van der Waals surface area (Å²) in [6.07, 6.45) is 0.264. The van der Waals surface area contributed by atoms with Crippen molar-refractivity contribution in [2.45, 2.75) is 6.42 Å². The Bertz CT molecular complexity index is 656. The van der Waals surface area contributed by atoms with Crippen molar-refractivity contribution in [3.63, 3.8) is 0 Å². The fourth-order valence-corrected chi connectivity index (χ4v) is 2.67. The monoisotopic (exact) mass is 416 g/mol. The molecule has 0 spiro atoms. The van der Waals surface area contributed by atoms with Gasteiger partial charge in [-0.3, -0.25) is 4.79 Å². The van der Waals surface area contributed by atoms with Crippen LogP contribution >= 0.6 is 43.5 Å². The summed E-state index contributed by atoms with van der Waals surface area (Å²) in [7, 11) is 1.59. The fraction of sp³-hybridized carbons (Fsp3) is 0.133. The highest BCUT2D eigenvalue weighted by Gasteiger charge is 2.12. The molecule has 0 N–H and O–H groups in total. The summed E-state index contributed by atoms with van der Waals surface area (Å²) in [5.41, 5.74) is 1.42. The van der Waals surface area contributed by atoms with Crippen LogP contribution in [0.25, 0.3) is 0 Å². The molecular formula is C15H11Br2ClO2. The van der Waals surface area contributed by atoms with Gasteiger partial charge in [0, 0.05) is 26.5 Å². The lowest BCUT2D eigenvalue weighted by atomic mass is 10.0. The molecule has 0 aliphatic carbocycles. The zero-order valence-corrected chi connectivity index (χ0v) is 14.5. The summed E-state index contributed by atoms with van der Waals surface area (Å²) in [5, 5.41) is 0.525. The third-order valence-corrected chi connectivity index (χ3v) is 4.56. The maximum atomic E-state index is 12.3. The average Bonchev–Trinajstić information content (AvgIpc) is 2.42. The summed E-state index contributed by atoms with van der Waals surface area (Å²) in [5.74, 6) is 0.695. The van der Waals surface area contributed by atoms with Gasteiger partial charge in [0.1, 0.15) is 5.75 Å². The second-order valence-corrected chi connectivity index (χ2v) is 6.36. The average molecular weight is 419 g/mol. The van der Waals surface area contributed by atoms with Crippen molar-refractivity contribution in [3.05, 3.63) is 61.5 Å². The number of hydrogen-bond acceptors (Lipinski definition) is 2. The molecule has 0 radical (unpaired) electrons. The lowest BCUT2D eigenvalue weighted by Gasteiger charge is -2.09. The predicted molar refractivity (Wildman–Crippen MR) is 87.9 cm³/mol. The van der Waals surface area contributed by atoms with Gasteiger partial charge >= 0.3 is 0 Å². The van der Waals surface area contributed by atoms with Crippen LogP contribution in [0, 0.1) is 0 Å². The topological polar surface area (TPSA) is 26.3 Å². The zero-order valence-electron chi connectivity index (χ0n) is 10.6. The zero-order chi connectivity index (χ0) is 14.7. The lowest BCUT2D eigenvalue weighted by molar-refractivity contribution is 0.0992. The summed E-state index contributed by atoms with van der Waals surface area (Å²) in [6.45, 7) is 0. The minimum atomic E-state index is -0.00389. The van der Waals surface area contributed by atoms with E-state index in [2.05, 4.69) is 31.9 Å². The van der Waals surface area contributed by atoms with Gasteiger partial charge in [-0.05, 0) is 46.3 Å². The molecule has 20 heavy (non-hydrogen) atoms. The highest BCUT2D eigenvalue weighted by atomic mass is 79.9. The van der Waals surface area contributed by atoms with Gasteiger partial charge in [-0.25, -0.2) is 0 Å². The first-order valence-electron chi connectivity index (χ1n) is 5.82. The highest BCUT2D eigenvalue weighted by molar-refractivity contribution is 9.10. The third-order valence-electron chi connectivity index (χ3n) is 2.84. The summed E-state index contributed by atoms with van der Waals surface area (Å²) < 4.78 is 6.96. The van der Waals surface area contributed by atoms with Crippen LogP contribution in [0.2, 0.25) is 5.02 Å². The number of methoxy groups -OCH3 is 1. The standard InChI is InChI=1S/C15H11Br2ClO2/c1-20-15-5-3-11(16)6-10(15)8-14(19)9-2-4-12(17)13(18)7-9/h2-7H,8H2,1H3. The van der Waals surface area contributed by atoms with Crippen LogP contribution in [-0.2, 0) is 6.42 Å². The molecule has 2 rings (SSSR count). The van der Waals surface area contributed by atoms with Crippen LogP contribution in [0.4, 0.5) is 0 Å². The molecule has 5 heteroatoms. The van der Waals surface area contributed by atoms with Gasteiger partial charge in [-0.2, -0.15) is 0 Å². The number of carbonyl (C=O) groups is 1. The molecular weight excluding hydrogens is 407 g/mol. The minimum absolute atomic E-state index is 0.00389. The van der Waals surface area contributed by atoms with E-state index in [-0.39, 0.29) is 12.2 Å². The third kappa shape index (κ3) is 3.62. The van der Waals surface area contributed by atoms with Crippen molar-refractivity contribution in [3.8, 4) is 5.75 Å². The first kappa shape index (κ1) is 15.5. The van der Waals surface area contributed by atoms with Crippen LogP contribution in [0.5, 0.6) is 5.75 Å². The van der Waals surface area contributed by atoms with Crippen molar-refractivity contribution in [2.24, 2.45) is 0 Å². The van der Waals surface area contributed by atoms with Crippen molar-refractivity contribution >= 4 is 49.2 Å². The van der Waals surface area contributed by atoms with Gasteiger partial charge in [-0.1, -0.05) is 33.6 Å². The van der Waals surface area contributed by atoms with Gasteiger partial charge in [0.15, 0.2) is 5.78 Å². The number of carbonyl (C=O) groups excluding carboxylic acids is 1. The van der Waals surface area contributed by atoms with E-state index in [0.717, 1.165) is 14.5 Å². The van der Waals surface area contributed by atoms with Gasteiger partial charge in [0.25, 0.3) is 0 Å². The molecule has 0 unspecified atom stereocenters. The molecule has 0 heterocycles. The quantitative estimate of drug-likeness (QED) is 0.630. The molecule has 2 nitrogen and oxygen atoms in total. The van der Waals surface area contributed by atoms with Crippen molar-refractivity contribution in [1.82, 2.24) is 0 Å². The normalized spacial score (nSPS) is 10.4. The predicted octanol–water partition coefficient (Wildman–Crippen LogP) is 5.30. The van der Waals surface area contributed by atoms with E-state index in [1.54, 1.807) is 25.3 Å². The molecule has 0 bridgehead atoms. The first-order chi connectivity index (χ1) is 9.51. The number of benzene rings is 2. The van der Waals surface area contributed by atoms with Crippen molar-refractivity contribution < 1.29 is 9.53 Å². The smallest absolute Gasteiger partial charge is 0.167 e. The van der Waals surface area contributed by atoms with Gasteiger partial charge in [-0.15, -0.1) is 0 Å². The van der Waals surface area contributed by atoms with E-state index >= 15 is 0 Å². The number of ketones is 1. The molecule has 0 aliphatic rings. The lowest BCUT2D eigenvalue weighted by Crippen LogP contribution is -2.05. The second-order valence-electron chi connectivity index (χ2n) is 4.19. The Morgan fingerprint density at radius 3 is 2.60 bits per heavy atom. The van der Waals surface area contributed by atoms with Crippen molar-refractivity contribution in [1.29, 1.82) is 0 Å². The fourth-order valence-electron chi connectivity index (χ4n) is 1.83. The molecule has 0 aromatic heterocycles. The Kier molecular flexibility index (Phi) is 5.24. The Balaban J connectivity index is 2.27. The number of halogens is 3. The van der Waals surface area contributed by atoms with Crippen LogP contribution in [0.15, 0.2) is 45.3 Å². The van der Waals surface area contributed by atoms with Crippen LogP contribution in [0.1, 0.15) is 15.9 Å². The molecule has 2 aromatic rings. The maximum Gasteiger partial charge on any atom is 0.167 e. The Morgan fingerprint density at radius 1 is 1.20 bits per heavy atom. The van der Waals surface area contributed by atoms with E-state index in [1.807, 2.05) is 18.2 Å². The van der Waals surface area contributed by atoms with Gasteiger partial charge in [0.2, 0.25) is 0 Å². The molecule has 2 aromatic carbocycles. The largest absolute Gasteiger partial charge is 0.496 e. The molecule has 0 atom stereocenters. The Morgan fingerprint density at radius 2 is 1.95 bits per heavy atom. The number of hydrogen-bond donors (Lipinski definition) is 0. The number of ether oxygens (including phenoxy) is 1. The molecule has 0 saturated heterocycles. The highest BCUT2D eigenvalue weighted by Crippen LogP contribution is 2.26. The Hall–Kier alpha value is -0.840. The molecule has 104 valence electrons. The van der Waals surface area contributed by atoms with Crippen molar-refractivity contribution in [2.75, 3.05) is 7.11 Å². The molecule has 0 aliphatic heterocycles. The van der Waals surface area contributed by atoms with Gasteiger partial charge < -0.3 is 4.74 Å².